The molecule has 0 saturated heterocycles. The predicted molar refractivity (Wildman–Crippen MR) is 61.8 cm³/mol. The molecule has 0 unspecified atom stereocenters. The molecule has 4 aliphatic rings. The van der Waals surface area contributed by atoms with Crippen LogP contribution in [-0.4, -0.2) is 11.6 Å². The molecule has 0 aromatic heterocycles. The first-order chi connectivity index (χ1) is 7.69. The van der Waals surface area contributed by atoms with Gasteiger partial charge in [-0.15, -0.1) is 0 Å². The zero-order valence-electron chi connectivity index (χ0n) is 9.95. The maximum Gasteiger partial charge on any atom is 0.330 e. The van der Waals surface area contributed by atoms with Crippen LogP contribution in [-0.2, 0) is 9.53 Å². The Balaban J connectivity index is 1.76. The van der Waals surface area contributed by atoms with Gasteiger partial charge in [0.1, 0.15) is 5.60 Å². The van der Waals surface area contributed by atoms with Crippen LogP contribution in [0.4, 0.5) is 0 Å². The molecule has 0 heterocycles. The third-order valence-corrected chi connectivity index (χ3v) is 4.60. The third-order valence-electron chi connectivity index (χ3n) is 4.60. The van der Waals surface area contributed by atoms with Gasteiger partial charge in [0.05, 0.1) is 0 Å². The summed E-state index contributed by atoms with van der Waals surface area (Å²) >= 11 is 0. The van der Waals surface area contributed by atoms with Gasteiger partial charge in [0.2, 0.25) is 0 Å². The SMILES string of the molecule is C/C=C/C(=O)OC12CC3CC(CC(C3)C1)C2. The number of hydrogen-bond donors (Lipinski definition) is 0. The standard InChI is InChI=1S/C14H20O2/c1-2-3-13(15)16-14-7-10-4-11(8-14)6-12(5-10)9-14/h2-3,10-12H,4-9H2,1H3/b3-2+. The van der Waals surface area contributed by atoms with Crippen LogP contribution in [0.1, 0.15) is 45.4 Å². The largest absolute Gasteiger partial charge is 0.456 e. The number of esters is 1. The number of hydrogen-bond acceptors (Lipinski definition) is 2. The van der Waals surface area contributed by atoms with E-state index in [9.17, 15) is 4.79 Å². The first-order valence-electron chi connectivity index (χ1n) is 6.55. The average molecular weight is 220 g/mol. The van der Waals surface area contributed by atoms with E-state index in [-0.39, 0.29) is 11.6 Å². The minimum Gasteiger partial charge on any atom is -0.456 e. The van der Waals surface area contributed by atoms with Crippen molar-refractivity contribution in [1.82, 2.24) is 0 Å². The Labute approximate surface area is 97.1 Å². The van der Waals surface area contributed by atoms with Crippen LogP contribution >= 0.6 is 0 Å². The fourth-order valence-corrected chi connectivity index (χ4v) is 4.54. The number of ether oxygens (including phenoxy) is 1. The van der Waals surface area contributed by atoms with Crippen LogP contribution in [0.15, 0.2) is 12.2 Å². The summed E-state index contributed by atoms with van der Waals surface area (Å²) in [6, 6.07) is 0. The van der Waals surface area contributed by atoms with Gasteiger partial charge >= 0.3 is 5.97 Å². The molecule has 4 saturated carbocycles. The molecule has 0 amide bonds. The molecule has 0 aliphatic heterocycles. The fourth-order valence-electron chi connectivity index (χ4n) is 4.54. The van der Waals surface area contributed by atoms with Crippen LogP contribution < -0.4 is 0 Å². The molecule has 2 nitrogen and oxygen atoms in total. The zero-order chi connectivity index (χ0) is 11.2. The second-order valence-electron chi connectivity index (χ2n) is 6.02. The predicted octanol–water partition coefficient (Wildman–Crippen LogP) is 3.07. The van der Waals surface area contributed by atoms with Crippen molar-refractivity contribution in [1.29, 1.82) is 0 Å². The summed E-state index contributed by atoms with van der Waals surface area (Å²) in [6.07, 6.45) is 10.9. The molecular formula is C14H20O2. The number of rotatable bonds is 2. The highest BCUT2D eigenvalue weighted by molar-refractivity contribution is 5.82. The second-order valence-corrected chi connectivity index (χ2v) is 6.02. The van der Waals surface area contributed by atoms with Gasteiger partial charge in [-0.2, -0.15) is 0 Å². The average Bonchev–Trinajstić information content (AvgIpc) is 2.13. The van der Waals surface area contributed by atoms with E-state index in [0.717, 1.165) is 37.0 Å². The summed E-state index contributed by atoms with van der Waals surface area (Å²) < 4.78 is 5.77. The Kier molecular flexibility index (Phi) is 2.34. The maximum atomic E-state index is 11.6. The Morgan fingerprint density at radius 1 is 1.12 bits per heavy atom. The molecule has 4 aliphatic carbocycles. The van der Waals surface area contributed by atoms with Crippen LogP contribution in [0.5, 0.6) is 0 Å². The minimum atomic E-state index is -0.135. The van der Waals surface area contributed by atoms with Crippen molar-refractivity contribution in [2.45, 2.75) is 51.0 Å². The van der Waals surface area contributed by atoms with E-state index in [1.165, 1.54) is 19.3 Å². The molecule has 0 N–H and O–H groups in total. The molecule has 2 heteroatoms. The molecule has 0 atom stereocenters. The van der Waals surface area contributed by atoms with Gasteiger partial charge in [-0.05, 0) is 63.2 Å². The lowest BCUT2D eigenvalue weighted by Gasteiger charge is -2.55. The van der Waals surface area contributed by atoms with Crippen molar-refractivity contribution < 1.29 is 9.53 Å². The van der Waals surface area contributed by atoms with Gasteiger partial charge < -0.3 is 4.74 Å². The summed E-state index contributed by atoms with van der Waals surface area (Å²) in [5.41, 5.74) is -0.0780. The van der Waals surface area contributed by atoms with E-state index in [1.54, 1.807) is 12.2 Å². The van der Waals surface area contributed by atoms with E-state index in [4.69, 9.17) is 4.74 Å². The highest BCUT2D eigenvalue weighted by Crippen LogP contribution is 2.57. The molecular weight excluding hydrogens is 200 g/mol. The molecule has 4 rings (SSSR count). The summed E-state index contributed by atoms with van der Waals surface area (Å²) in [5.74, 6) is 2.38. The van der Waals surface area contributed by atoms with E-state index in [1.807, 2.05) is 6.92 Å². The van der Waals surface area contributed by atoms with E-state index < -0.39 is 0 Å². The van der Waals surface area contributed by atoms with Crippen molar-refractivity contribution in [2.75, 3.05) is 0 Å². The summed E-state index contributed by atoms with van der Waals surface area (Å²) in [6.45, 7) is 1.86. The smallest absolute Gasteiger partial charge is 0.330 e. The van der Waals surface area contributed by atoms with Gasteiger partial charge in [0.15, 0.2) is 0 Å². The number of carbonyl (C=O) groups excluding carboxylic acids is 1. The van der Waals surface area contributed by atoms with Crippen molar-refractivity contribution in [2.24, 2.45) is 17.8 Å². The van der Waals surface area contributed by atoms with Gasteiger partial charge in [-0.25, -0.2) is 4.79 Å². The second kappa shape index (κ2) is 3.61. The van der Waals surface area contributed by atoms with Gasteiger partial charge in [0.25, 0.3) is 0 Å². The van der Waals surface area contributed by atoms with E-state index in [2.05, 4.69) is 0 Å². The molecule has 0 aromatic rings. The normalized spacial score (nSPS) is 45.2. The van der Waals surface area contributed by atoms with Gasteiger partial charge in [-0.3, -0.25) is 0 Å². The Hall–Kier alpha value is -0.790. The Bertz CT molecular complexity index is 294. The van der Waals surface area contributed by atoms with Crippen molar-refractivity contribution in [3.8, 4) is 0 Å². The van der Waals surface area contributed by atoms with Crippen LogP contribution in [0, 0.1) is 17.8 Å². The van der Waals surface area contributed by atoms with Crippen molar-refractivity contribution in [3.63, 3.8) is 0 Å². The molecule has 4 bridgehead atoms. The monoisotopic (exact) mass is 220 g/mol. The fraction of sp³-hybridized carbons (Fsp3) is 0.786. The van der Waals surface area contributed by atoms with Gasteiger partial charge in [0, 0.05) is 6.08 Å². The highest BCUT2D eigenvalue weighted by atomic mass is 16.6. The highest BCUT2D eigenvalue weighted by Gasteiger charge is 2.52. The minimum absolute atomic E-state index is 0.0780. The lowest BCUT2D eigenvalue weighted by Crippen LogP contribution is -2.52. The molecule has 4 fully saturated rings. The summed E-state index contributed by atoms with van der Waals surface area (Å²) in [4.78, 5) is 11.6. The van der Waals surface area contributed by atoms with Crippen molar-refractivity contribution >= 4 is 5.97 Å². The Morgan fingerprint density at radius 3 is 2.06 bits per heavy atom. The molecule has 0 radical (unpaired) electrons. The summed E-state index contributed by atoms with van der Waals surface area (Å²) in [5, 5.41) is 0. The molecule has 0 aromatic carbocycles. The van der Waals surface area contributed by atoms with Crippen molar-refractivity contribution in [3.05, 3.63) is 12.2 Å². The molecule has 88 valence electrons. The first kappa shape index (κ1) is 10.4. The quantitative estimate of drug-likeness (QED) is 0.528. The number of allylic oxidation sites excluding steroid dienone is 1. The first-order valence-corrected chi connectivity index (χ1v) is 6.55. The third kappa shape index (κ3) is 1.68. The number of carbonyl (C=O) groups is 1. The van der Waals surface area contributed by atoms with Crippen LogP contribution in [0.2, 0.25) is 0 Å². The van der Waals surface area contributed by atoms with Crippen LogP contribution in [0.25, 0.3) is 0 Å². The van der Waals surface area contributed by atoms with E-state index in [0.29, 0.717) is 0 Å². The lowest BCUT2D eigenvalue weighted by molar-refractivity contribution is -0.181. The molecule has 16 heavy (non-hydrogen) atoms. The Morgan fingerprint density at radius 2 is 1.62 bits per heavy atom. The topological polar surface area (TPSA) is 26.3 Å². The lowest BCUT2D eigenvalue weighted by atomic mass is 9.54. The van der Waals surface area contributed by atoms with Crippen LogP contribution in [0.3, 0.4) is 0 Å². The zero-order valence-corrected chi connectivity index (χ0v) is 9.95. The van der Waals surface area contributed by atoms with Gasteiger partial charge in [-0.1, -0.05) is 6.08 Å². The maximum absolute atomic E-state index is 11.6. The summed E-state index contributed by atoms with van der Waals surface area (Å²) in [7, 11) is 0. The molecule has 0 spiro atoms. The van der Waals surface area contributed by atoms with E-state index >= 15 is 0 Å².